The summed E-state index contributed by atoms with van der Waals surface area (Å²) in [5.41, 5.74) is 2.42. The van der Waals surface area contributed by atoms with Gasteiger partial charge in [-0.25, -0.2) is 0 Å². The molecule has 31 heavy (non-hydrogen) atoms. The van der Waals surface area contributed by atoms with Crippen molar-refractivity contribution in [3.8, 4) is 5.75 Å². The normalized spacial score (nSPS) is 10.6. The Hall–Kier alpha value is -3.85. The van der Waals surface area contributed by atoms with Crippen LogP contribution in [-0.2, 0) is 4.79 Å². The quantitative estimate of drug-likeness (QED) is 0.431. The first-order chi connectivity index (χ1) is 15.1. The first kappa shape index (κ1) is 20.4. The fourth-order valence-electron chi connectivity index (χ4n) is 2.83. The van der Waals surface area contributed by atoms with Crippen molar-refractivity contribution >= 4 is 40.6 Å². The van der Waals surface area contributed by atoms with E-state index in [1.165, 1.54) is 11.8 Å². The van der Waals surface area contributed by atoms with E-state index in [0.29, 0.717) is 27.8 Å². The highest BCUT2D eigenvalue weighted by molar-refractivity contribution is 7.99. The number of carbonyl (C=O) groups is 2. The topological polar surface area (TPSA) is 97.6 Å². The second-order valence-electron chi connectivity index (χ2n) is 6.51. The van der Waals surface area contributed by atoms with E-state index < -0.39 is 0 Å². The van der Waals surface area contributed by atoms with E-state index in [1.807, 2.05) is 30.3 Å². The number of nitrogens with one attached hydrogen (secondary N) is 2. The molecule has 0 aliphatic carbocycles. The summed E-state index contributed by atoms with van der Waals surface area (Å²) in [5, 5.41) is 14.4. The second-order valence-corrected chi connectivity index (χ2v) is 7.46. The molecule has 0 aliphatic heterocycles. The first-order valence-electron chi connectivity index (χ1n) is 9.40. The minimum atomic E-state index is -0.265. The number of benzene rings is 2. The van der Waals surface area contributed by atoms with Gasteiger partial charge in [0.25, 0.3) is 5.91 Å². The molecule has 0 saturated carbocycles. The molecule has 0 aliphatic rings. The van der Waals surface area contributed by atoms with Crippen LogP contribution < -0.4 is 15.4 Å². The minimum absolute atomic E-state index is 0.152. The highest BCUT2D eigenvalue weighted by Gasteiger charge is 2.13. The molecule has 4 rings (SSSR count). The van der Waals surface area contributed by atoms with Crippen LogP contribution in [0.3, 0.4) is 0 Å². The Kier molecular flexibility index (Phi) is 6.13. The third-order valence-electron chi connectivity index (χ3n) is 4.37. The molecule has 0 radical (unpaired) electrons. The lowest BCUT2D eigenvalue weighted by molar-refractivity contribution is -0.113. The number of rotatable bonds is 7. The number of pyridine rings is 1. The van der Waals surface area contributed by atoms with Crippen LogP contribution in [0.2, 0.25) is 0 Å². The molecule has 2 amide bonds. The Bertz CT molecular complexity index is 1210. The van der Waals surface area contributed by atoms with Crippen molar-refractivity contribution in [2.45, 2.75) is 5.16 Å². The van der Waals surface area contributed by atoms with E-state index in [2.05, 4.69) is 20.8 Å². The van der Waals surface area contributed by atoms with Crippen LogP contribution in [0.15, 0.2) is 78.1 Å². The van der Waals surface area contributed by atoms with E-state index >= 15 is 0 Å². The number of methoxy groups -OCH3 is 1. The highest BCUT2D eigenvalue weighted by atomic mass is 32.2. The lowest BCUT2D eigenvalue weighted by Crippen LogP contribution is -2.14. The Labute approximate surface area is 182 Å². The lowest BCUT2D eigenvalue weighted by atomic mass is 10.2. The second kappa shape index (κ2) is 9.31. The molecule has 0 atom stereocenters. The summed E-state index contributed by atoms with van der Waals surface area (Å²) in [7, 11) is 1.59. The van der Waals surface area contributed by atoms with Gasteiger partial charge in [0.05, 0.1) is 18.4 Å². The summed E-state index contributed by atoms with van der Waals surface area (Å²) in [5.74, 6) is 0.458. The van der Waals surface area contributed by atoms with Gasteiger partial charge in [0.2, 0.25) is 5.91 Å². The van der Waals surface area contributed by atoms with Crippen LogP contribution >= 0.6 is 11.8 Å². The van der Waals surface area contributed by atoms with Gasteiger partial charge in [-0.05, 0) is 48.5 Å². The van der Waals surface area contributed by atoms with Crippen LogP contribution in [0.25, 0.3) is 5.65 Å². The van der Waals surface area contributed by atoms with Gasteiger partial charge in [-0.15, -0.1) is 10.2 Å². The number of hydrogen-bond donors (Lipinski definition) is 2. The van der Waals surface area contributed by atoms with Crippen molar-refractivity contribution in [3.05, 3.63) is 78.5 Å². The fraction of sp³-hybridized carbons (Fsp3) is 0.0909. The average molecular weight is 433 g/mol. The smallest absolute Gasteiger partial charge is 0.257 e. The van der Waals surface area contributed by atoms with Gasteiger partial charge in [-0.1, -0.05) is 30.0 Å². The summed E-state index contributed by atoms with van der Waals surface area (Å²) >= 11 is 1.24. The van der Waals surface area contributed by atoms with Crippen LogP contribution in [0, 0.1) is 0 Å². The molecule has 0 bridgehead atoms. The molecule has 4 aromatic rings. The molecule has 156 valence electrons. The number of aromatic nitrogens is 3. The van der Waals surface area contributed by atoms with Gasteiger partial charge in [-0.3, -0.25) is 14.0 Å². The van der Waals surface area contributed by atoms with Crippen molar-refractivity contribution in [2.24, 2.45) is 0 Å². The van der Waals surface area contributed by atoms with Crippen molar-refractivity contribution in [1.29, 1.82) is 0 Å². The Morgan fingerprint density at radius 3 is 2.42 bits per heavy atom. The molecule has 2 aromatic carbocycles. The number of nitrogens with zero attached hydrogens (tertiary/aromatic N) is 3. The van der Waals surface area contributed by atoms with Crippen LogP contribution in [0.1, 0.15) is 10.4 Å². The minimum Gasteiger partial charge on any atom is -0.497 e. The van der Waals surface area contributed by atoms with Crippen molar-refractivity contribution in [2.75, 3.05) is 23.5 Å². The zero-order valence-corrected chi connectivity index (χ0v) is 17.4. The standard InChI is InChI=1S/C22H19N5O3S/c1-30-18-10-8-17(9-11-18)24-21(29)15-7-12-19-25-26-22(27(19)13-15)31-14-20(28)23-16-5-3-2-4-6-16/h2-13H,14H2,1H3,(H,23,28)(H,24,29). The Morgan fingerprint density at radius 1 is 0.935 bits per heavy atom. The molecule has 9 heteroatoms. The maximum Gasteiger partial charge on any atom is 0.257 e. The molecular weight excluding hydrogens is 414 g/mol. The van der Waals surface area contributed by atoms with Gasteiger partial charge >= 0.3 is 0 Å². The first-order valence-corrected chi connectivity index (χ1v) is 10.4. The summed E-state index contributed by atoms with van der Waals surface area (Å²) in [6.07, 6.45) is 1.66. The molecule has 8 nitrogen and oxygen atoms in total. The summed E-state index contributed by atoms with van der Waals surface area (Å²) in [4.78, 5) is 24.9. The van der Waals surface area contributed by atoms with E-state index in [-0.39, 0.29) is 17.6 Å². The highest BCUT2D eigenvalue weighted by Crippen LogP contribution is 2.20. The molecule has 0 fully saturated rings. The summed E-state index contributed by atoms with van der Waals surface area (Å²) in [6, 6.07) is 19.7. The summed E-state index contributed by atoms with van der Waals surface area (Å²) < 4.78 is 6.82. The van der Waals surface area contributed by atoms with E-state index in [0.717, 1.165) is 5.69 Å². The third kappa shape index (κ3) is 5.01. The lowest BCUT2D eigenvalue weighted by Gasteiger charge is -2.07. The van der Waals surface area contributed by atoms with Gasteiger partial charge in [0, 0.05) is 17.6 Å². The van der Waals surface area contributed by atoms with Gasteiger partial charge in [0.15, 0.2) is 10.8 Å². The number of fused-ring (bicyclic) bond motifs is 1. The van der Waals surface area contributed by atoms with E-state index in [4.69, 9.17) is 4.74 Å². The molecular formula is C22H19N5O3S. The van der Waals surface area contributed by atoms with Crippen molar-refractivity contribution in [1.82, 2.24) is 14.6 Å². The Balaban J connectivity index is 1.44. The number of amides is 2. The fourth-order valence-corrected chi connectivity index (χ4v) is 3.55. The molecule has 2 N–H and O–H groups in total. The van der Waals surface area contributed by atoms with Crippen LogP contribution in [0.4, 0.5) is 11.4 Å². The van der Waals surface area contributed by atoms with Gasteiger partial charge in [0.1, 0.15) is 5.75 Å². The number of anilines is 2. The predicted octanol–water partition coefficient (Wildman–Crippen LogP) is 3.72. The third-order valence-corrected chi connectivity index (χ3v) is 5.31. The number of ether oxygens (including phenoxy) is 1. The number of para-hydroxylation sites is 1. The molecule has 2 heterocycles. The van der Waals surface area contributed by atoms with Crippen molar-refractivity contribution < 1.29 is 14.3 Å². The van der Waals surface area contributed by atoms with E-state index in [1.54, 1.807) is 54.1 Å². The van der Waals surface area contributed by atoms with Crippen LogP contribution in [-0.4, -0.2) is 39.3 Å². The molecule has 0 saturated heterocycles. The zero-order valence-electron chi connectivity index (χ0n) is 16.6. The maximum absolute atomic E-state index is 12.6. The Morgan fingerprint density at radius 2 is 1.68 bits per heavy atom. The maximum atomic E-state index is 12.6. The van der Waals surface area contributed by atoms with E-state index in [9.17, 15) is 9.59 Å². The SMILES string of the molecule is COc1ccc(NC(=O)c2ccc3nnc(SCC(=O)Nc4ccccc4)n3c2)cc1. The monoisotopic (exact) mass is 433 g/mol. The number of hydrogen-bond acceptors (Lipinski definition) is 6. The number of thioether (sulfide) groups is 1. The predicted molar refractivity (Wildman–Crippen MR) is 120 cm³/mol. The zero-order chi connectivity index (χ0) is 21.6. The largest absolute Gasteiger partial charge is 0.497 e. The average Bonchev–Trinajstić information content (AvgIpc) is 3.21. The summed E-state index contributed by atoms with van der Waals surface area (Å²) in [6.45, 7) is 0. The van der Waals surface area contributed by atoms with Gasteiger partial charge in [-0.2, -0.15) is 0 Å². The van der Waals surface area contributed by atoms with Gasteiger partial charge < -0.3 is 15.4 Å². The van der Waals surface area contributed by atoms with Crippen LogP contribution in [0.5, 0.6) is 5.75 Å². The molecule has 2 aromatic heterocycles. The molecule has 0 unspecified atom stereocenters. The number of carbonyl (C=O) groups excluding carboxylic acids is 2. The van der Waals surface area contributed by atoms with Crippen molar-refractivity contribution in [3.63, 3.8) is 0 Å². The molecule has 0 spiro atoms.